The summed E-state index contributed by atoms with van der Waals surface area (Å²) in [6, 6.07) is 16.7. The van der Waals surface area contributed by atoms with Crippen LogP contribution >= 0.6 is 0 Å². The Balaban J connectivity index is 1.25. The summed E-state index contributed by atoms with van der Waals surface area (Å²) in [4.78, 5) is 46.4. The van der Waals surface area contributed by atoms with Crippen molar-refractivity contribution in [3.05, 3.63) is 83.2 Å². The number of aromatic nitrogens is 1. The van der Waals surface area contributed by atoms with Gasteiger partial charge in [0.05, 0.1) is 18.8 Å². The number of pyridine rings is 1. The van der Waals surface area contributed by atoms with Gasteiger partial charge in [-0.25, -0.2) is 4.98 Å². The molecule has 1 aliphatic carbocycles. The number of carbonyl (C=O) groups excluding carboxylic acids is 3. The minimum atomic E-state index is -2.99. The molecule has 11 heteroatoms. The molecule has 0 spiro atoms. The Morgan fingerprint density at radius 2 is 1.82 bits per heavy atom. The molecule has 9 nitrogen and oxygen atoms in total. The van der Waals surface area contributed by atoms with E-state index in [-0.39, 0.29) is 53.9 Å². The number of hydrogen-bond acceptors (Lipinski definition) is 6. The number of aryl methyl sites for hydroxylation is 1. The van der Waals surface area contributed by atoms with Crippen LogP contribution in [0.2, 0.25) is 0 Å². The minimum Gasteiger partial charge on any atom is -0.489 e. The number of benzene rings is 2. The van der Waals surface area contributed by atoms with Gasteiger partial charge in [0.1, 0.15) is 11.7 Å². The SMILES string of the molecule is CC(=O)N1CC(c2ccc(OC(F)F)c(OCC3CC3)c2)C[C@@H]1C(=O)NCc1cccc(C(=O)N(C)c2ccc(C)cc2)n1. The van der Waals surface area contributed by atoms with E-state index in [0.29, 0.717) is 24.6 Å². The normalized spacial score (nSPS) is 17.8. The van der Waals surface area contributed by atoms with E-state index in [1.165, 1.54) is 22.8 Å². The van der Waals surface area contributed by atoms with Crippen molar-refractivity contribution < 1.29 is 32.6 Å². The molecular formula is C33H36F2N4O5. The van der Waals surface area contributed by atoms with Crippen LogP contribution in [0.5, 0.6) is 11.5 Å². The lowest BCUT2D eigenvalue weighted by Crippen LogP contribution is -2.45. The first-order valence-corrected chi connectivity index (χ1v) is 14.7. The third-order valence-electron chi connectivity index (χ3n) is 8.03. The van der Waals surface area contributed by atoms with Gasteiger partial charge >= 0.3 is 6.61 Å². The molecule has 2 fully saturated rings. The van der Waals surface area contributed by atoms with Crippen LogP contribution in [0.3, 0.4) is 0 Å². The fourth-order valence-corrected chi connectivity index (χ4v) is 5.30. The average Bonchev–Trinajstić information content (AvgIpc) is 3.73. The number of rotatable bonds is 11. The van der Waals surface area contributed by atoms with Crippen LogP contribution in [0.15, 0.2) is 60.7 Å². The maximum Gasteiger partial charge on any atom is 0.387 e. The van der Waals surface area contributed by atoms with Crippen molar-refractivity contribution in [1.29, 1.82) is 0 Å². The zero-order valence-electron chi connectivity index (χ0n) is 25.0. The molecule has 5 rings (SSSR count). The number of nitrogens with one attached hydrogen (secondary N) is 1. The molecule has 2 aromatic carbocycles. The summed E-state index contributed by atoms with van der Waals surface area (Å²) in [6.07, 6.45) is 2.42. The number of carbonyl (C=O) groups is 3. The molecule has 3 amide bonds. The molecule has 3 aromatic rings. The highest BCUT2D eigenvalue weighted by Gasteiger charge is 2.39. The Labute approximate surface area is 255 Å². The van der Waals surface area contributed by atoms with Crippen molar-refractivity contribution in [2.75, 3.05) is 25.1 Å². The highest BCUT2D eigenvalue weighted by Crippen LogP contribution is 2.39. The van der Waals surface area contributed by atoms with E-state index < -0.39 is 12.7 Å². The van der Waals surface area contributed by atoms with Crippen LogP contribution in [0.4, 0.5) is 14.5 Å². The molecule has 232 valence electrons. The molecule has 2 aliphatic rings. The summed E-state index contributed by atoms with van der Waals surface area (Å²) in [7, 11) is 1.68. The zero-order chi connectivity index (χ0) is 31.4. The van der Waals surface area contributed by atoms with Gasteiger partial charge in [-0.05, 0) is 74.1 Å². The van der Waals surface area contributed by atoms with Crippen molar-refractivity contribution in [1.82, 2.24) is 15.2 Å². The average molecular weight is 607 g/mol. The lowest BCUT2D eigenvalue weighted by molar-refractivity contribution is -0.136. The summed E-state index contributed by atoms with van der Waals surface area (Å²) in [5.74, 6) is -0.498. The quantitative estimate of drug-likeness (QED) is 0.327. The summed E-state index contributed by atoms with van der Waals surface area (Å²) < 4.78 is 36.4. The number of amides is 3. The van der Waals surface area contributed by atoms with Gasteiger partial charge in [-0.2, -0.15) is 8.78 Å². The van der Waals surface area contributed by atoms with Gasteiger partial charge in [-0.3, -0.25) is 14.4 Å². The molecule has 2 heterocycles. The van der Waals surface area contributed by atoms with E-state index in [0.717, 1.165) is 29.7 Å². The summed E-state index contributed by atoms with van der Waals surface area (Å²) in [5.41, 5.74) is 3.33. The topological polar surface area (TPSA) is 101 Å². The smallest absolute Gasteiger partial charge is 0.387 e. The number of likely N-dealkylation sites (tertiary alicyclic amines) is 1. The van der Waals surface area contributed by atoms with Crippen LogP contribution in [-0.4, -0.2) is 60.5 Å². The second-order valence-corrected chi connectivity index (χ2v) is 11.4. The number of ether oxygens (including phenoxy) is 2. The fourth-order valence-electron chi connectivity index (χ4n) is 5.30. The summed E-state index contributed by atoms with van der Waals surface area (Å²) in [6.45, 7) is 1.17. The Morgan fingerprint density at radius 1 is 1.07 bits per heavy atom. The largest absolute Gasteiger partial charge is 0.489 e. The molecule has 1 unspecified atom stereocenters. The highest BCUT2D eigenvalue weighted by molar-refractivity contribution is 6.04. The Morgan fingerprint density at radius 3 is 2.50 bits per heavy atom. The van der Waals surface area contributed by atoms with Crippen LogP contribution in [0.1, 0.15) is 59.4 Å². The Bertz CT molecular complexity index is 1510. The van der Waals surface area contributed by atoms with Crippen molar-refractivity contribution in [3.63, 3.8) is 0 Å². The van der Waals surface area contributed by atoms with Gasteiger partial charge in [0.25, 0.3) is 5.91 Å². The maximum atomic E-state index is 13.3. The van der Waals surface area contributed by atoms with E-state index in [1.54, 1.807) is 37.4 Å². The molecule has 0 bridgehead atoms. The standard InChI is InChI=1S/C33H36F2N4O5/c1-20-7-12-26(13-8-20)38(3)32(42)27-6-4-5-25(37-27)17-36-31(41)28-15-24(18-39(28)21(2)40)23-11-14-29(44-33(34)35)30(16-23)43-19-22-9-10-22/h4-8,11-14,16,22,24,28,33H,9-10,15,17-19H2,1-3H3,(H,36,41)/t24?,28-/m1/s1. The highest BCUT2D eigenvalue weighted by atomic mass is 19.3. The van der Waals surface area contributed by atoms with Crippen molar-refractivity contribution >= 4 is 23.4 Å². The van der Waals surface area contributed by atoms with Gasteiger partial charge in [0.2, 0.25) is 11.8 Å². The predicted octanol–water partition coefficient (Wildman–Crippen LogP) is 5.08. The molecule has 1 saturated carbocycles. The van der Waals surface area contributed by atoms with Crippen molar-refractivity contribution in [2.24, 2.45) is 5.92 Å². The molecular weight excluding hydrogens is 570 g/mol. The number of hydrogen-bond donors (Lipinski definition) is 1. The summed E-state index contributed by atoms with van der Waals surface area (Å²) in [5, 5.41) is 2.86. The summed E-state index contributed by atoms with van der Waals surface area (Å²) >= 11 is 0. The van der Waals surface area contributed by atoms with E-state index >= 15 is 0 Å². The third kappa shape index (κ3) is 7.50. The van der Waals surface area contributed by atoms with Gasteiger partial charge in [0.15, 0.2) is 11.5 Å². The lowest BCUT2D eigenvalue weighted by atomic mass is 9.95. The molecule has 1 aliphatic heterocycles. The molecule has 44 heavy (non-hydrogen) atoms. The van der Waals surface area contributed by atoms with Gasteiger partial charge in [-0.15, -0.1) is 0 Å². The molecule has 1 saturated heterocycles. The number of alkyl halides is 2. The van der Waals surface area contributed by atoms with Crippen LogP contribution in [0, 0.1) is 12.8 Å². The third-order valence-corrected chi connectivity index (χ3v) is 8.03. The van der Waals surface area contributed by atoms with E-state index in [2.05, 4.69) is 15.0 Å². The monoisotopic (exact) mass is 606 g/mol. The molecule has 2 atom stereocenters. The second-order valence-electron chi connectivity index (χ2n) is 11.4. The maximum absolute atomic E-state index is 13.3. The first-order chi connectivity index (χ1) is 21.1. The number of nitrogens with zero attached hydrogens (tertiary/aromatic N) is 3. The lowest BCUT2D eigenvalue weighted by Gasteiger charge is -2.22. The van der Waals surface area contributed by atoms with E-state index in [1.807, 2.05) is 31.2 Å². The number of halogens is 2. The molecule has 1 aromatic heterocycles. The van der Waals surface area contributed by atoms with Crippen molar-refractivity contribution in [2.45, 2.75) is 58.2 Å². The van der Waals surface area contributed by atoms with Gasteiger partial charge in [-0.1, -0.05) is 29.8 Å². The first kappa shape index (κ1) is 30.9. The van der Waals surface area contributed by atoms with Gasteiger partial charge in [0, 0.05) is 32.1 Å². The van der Waals surface area contributed by atoms with Crippen LogP contribution in [-0.2, 0) is 16.1 Å². The van der Waals surface area contributed by atoms with Crippen molar-refractivity contribution in [3.8, 4) is 11.5 Å². The second kappa shape index (κ2) is 13.4. The Kier molecular flexibility index (Phi) is 9.41. The molecule has 1 N–H and O–H groups in total. The minimum absolute atomic E-state index is 0.0432. The number of anilines is 1. The van der Waals surface area contributed by atoms with Crippen LogP contribution < -0.4 is 19.7 Å². The Hall–Kier alpha value is -4.54. The predicted molar refractivity (Wildman–Crippen MR) is 160 cm³/mol. The van der Waals surface area contributed by atoms with E-state index in [9.17, 15) is 23.2 Å². The zero-order valence-corrected chi connectivity index (χ0v) is 25.0. The first-order valence-electron chi connectivity index (χ1n) is 14.7. The van der Waals surface area contributed by atoms with E-state index in [4.69, 9.17) is 4.74 Å². The fraction of sp³-hybridized carbons (Fsp3) is 0.394. The molecule has 0 radical (unpaired) electrons. The van der Waals surface area contributed by atoms with Gasteiger partial charge < -0.3 is 24.6 Å². The van der Waals surface area contributed by atoms with Crippen LogP contribution in [0.25, 0.3) is 0 Å².